The van der Waals surface area contributed by atoms with Gasteiger partial charge in [0.2, 0.25) is 0 Å². The molecule has 1 fully saturated rings. The highest BCUT2D eigenvalue weighted by Gasteiger charge is 2.18. The van der Waals surface area contributed by atoms with Gasteiger partial charge in [-0.15, -0.1) is 0 Å². The van der Waals surface area contributed by atoms with Crippen molar-refractivity contribution in [1.82, 2.24) is 0 Å². The monoisotopic (exact) mass is 127 g/mol. The van der Waals surface area contributed by atoms with E-state index in [9.17, 15) is 0 Å². The molecular formula is C8H17N. The molecule has 0 aliphatic heterocycles. The third kappa shape index (κ3) is 1.68. The third-order valence-electron chi connectivity index (χ3n) is 2.59. The molecule has 0 aromatic rings. The van der Waals surface area contributed by atoms with Gasteiger partial charge in [-0.1, -0.05) is 26.2 Å². The van der Waals surface area contributed by atoms with E-state index < -0.39 is 0 Å². The minimum atomic E-state index is 0.832. The Labute approximate surface area is 57.6 Å². The number of hydrogen-bond donors (Lipinski definition) is 1. The van der Waals surface area contributed by atoms with Crippen molar-refractivity contribution in [1.29, 1.82) is 0 Å². The Morgan fingerprint density at radius 3 is 2.44 bits per heavy atom. The highest BCUT2D eigenvalue weighted by Crippen LogP contribution is 2.28. The minimum absolute atomic E-state index is 0.832. The molecule has 0 spiro atoms. The van der Waals surface area contributed by atoms with Crippen molar-refractivity contribution in [3.63, 3.8) is 0 Å². The van der Waals surface area contributed by atoms with Gasteiger partial charge in [0.05, 0.1) is 0 Å². The summed E-state index contributed by atoms with van der Waals surface area (Å²) in [6, 6.07) is 0. The Kier molecular flexibility index (Phi) is 2.52. The summed E-state index contributed by atoms with van der Waals surface area (Å²) in [5, 5.41) is 0. The summed E-state index contributed by atoms with van der Waals surface area (Å²) in [7, 11) is 0. The first kappa shape index (κ1) is 7.07. The number of nitrogens with two attached hydrogens (primary N) is 1. The van der Waals surface area contributed by atoms with Gasteiger partial charge in [0.25, 0.3) is 0 Å². The van der Waals surface area contributed by atoms with E-state index in [0.717, 1.165) is 18.4 Å². The summed E-state index contributed by atoms with van der Waals surface area (Å²) in [4.78, 5) is 0. The zero-order chi connectivity index (χ0) is 6.69. The van der Waals surface area contributed by atoms with Gasteiger partial charge >= 0.3 is 0 Å². The highest BCUT2D eigenvalue weighted by atomic mass is 14.6. The van der Waals surface area contributed by atoms with E-state index in [-0.39, 0.29) is 0 Å². The van der Waals surface area contributed by atoms with E-state index in [2.05, 4.69) is 6.92 Å². The molecule has 0 amide bonds. The van der Waals surface area contributed by atoms with Crippen molar-refractivity contribution in [3.8, 4) is 0 Å². The predicted molar refractivity (Wildman–Crippen MR) is 40.2 cm³/mol. The smallest absolute Gasteiger partial charge is 0.00463 e. The maximum absolute atomic E-state index is 5.59. The lowest BCUT2D eigenvalue weighted by Gasteiger charge is -2.27. The molecule has 0 aromatic heterocycles. The van der Waals surface area contributed by atoms with Crippen molar-refractivity contribution in [2.45, 2.75) is 32.6 Å². The third-order valence-corrected chi connectivity index (χ3v) is 2.59. The topological polar surface area (TPSA) is 26.0 Å². The van der Waals surface area contributed by atoms with Crippen molar-refractivity contribution < 1.29 is 0 Å². The van der Waals surface area contributed by atoms with E-state index in [4.69, 9.17) is 5.73 Å². The van der Waals surface area contributed by atoms with Crippen molar-refractivity contribution in [2.24, 2.45) is 17.6 Å². The van der Waals surface area contributed by atoms with Crippen LogP contribution in [0.3, 0.4) is 0 Å². The molecule has 2 atom stereocenters. The fraction of sp³-hybridized carbons (Fsp3) is 1.00. The lowest BCUT2D eigenvalue weighted by atomic mass is 9.81. The summed E-state index contributed by atoms with van der Waals surface area (Å²) in [5.74, 6) is 1.72. The molecule has 9 heavy (non-hydrogen) atoms. The van der Waals surface area contributed by atoms with E-state index >= 15 is 0 Å². The largest absolute Gasteiger partial charge is 0.330 e. The van der Waals surface area contributed by atoms with Gasteiger partial charge in [-0.3, -0.25) is 0 Å². The summed E-state index contributed by atoms with van der Waals surface area (Å²) >= 11 is 0. The fourth-order valence-corrected chi connectivity index (χ4v) is 1.74. The Morgan fingerprint density at radius 1 is 1.33 bits per heavy atom. The molecule has 0 radical (unpaired) electrons. The molecule has 54 valence electrons. The molecule has 1 nitrogen and oxygen atoms in total. The maximum atomic E-state index is 5.59. The highest BCUT2D eigenvalue weighted by molar-refractivity contribution is 4.72. The van der Waals surface area contributed by atoms with E-state index in [1.54, 1.807) is 0 Å². The minimum Gasteiger partial charge on any atom is -0.330 e. The predicted octanol–water partition coefficient (Wildman–Crippen LogP) is 1.77. The second-order valence-electron chi connectivity index (χ2n) is 3.26. The van der Waals surface area contributed by atoms with Crippen LogP contribution in [-0.2, 0) is 0 Å². The first-order valence-electron chi connectivity index (χ1n) is 4.04. The molecular weight excluding hydrogens is 110 g/mol. The van der Waals surface area contributed by atoms with Gasteiger partial charge in [-0.25, -0.2) is 0 Å². The van der Waals surface area contributed by atoms with Crippen LogP contribution in [-0.4, -0.2) is 6.54 Å². The SMILES string of the molecule is C[C@H]1CCCC[C@H]1CN. The first-order valence-corrected chi connectivity index (χ1v) is 4.04. The van der Waals surface area contributed by atoms with Crippen LogP contribution in [0.1, 0.15) is 32.6 Å². The normalized spacial score (nSPS) is 36.7. The van der Waals surface area contributed by atoms with Crippen LogP contribution < -0.4 is 5.73 Å². The molecule has 0 saturated heterocycles. The van der Waals surface area contributed by atoms with Crippen LogP contribution in [0.4, 0.5) is 0 Å². The van der Waals surface area contributed by atoms with Gasteiger partial charge in [0.1, 0.15) is 0 Å². The van der Waals surface area contributed by atoms with E-state index in [1.165, 1.54) is 25.7 Å². The van der Waals surface area contributed by atoms with Crippen LogP contribution in [0.2, 0.25) is 0 Å². The van der Waals surface area contributed by atoms with Gasteiger partial charge in [-0.05, 0) is 24.8 Å². The number of hydrogen-bond acceptors (Lipinski definition) is 1. The molecule has 0 unspecified atom stereocenters. The van der Waals surface area contributed by atoms with E-state index in [0.29, 0.717) is 0 Å². The molecule has 1 heteroatoms. The molecule has 0 bridgehead atoms. The van der Waals surface area contributed by atoms with Gasteiger partial charge in [0.15, 0.2) is 0 Å². The van der Waals surface area contributed by atoms with Crippen LogP contribution in [0.15, 0.2) is 0 Å². The van der Waals surface area contributed by atoms with Crippen LogP contribution in [0.5, 0.6) is 0 Å². The second-order valence-corrected chi connectivity index (χ2v) is 3.26. The van der Waals surface area contributed by atoms with Crippen LogP contribution in [0.25, 0.3) is 0 Å². The zero-order valence-electron chi connectivity index (χ0n) is 6.27. The Balaban J connectivity index is 2.30. The fourth-order valence-electron chi connectivity index (χ4n) is 1.74. The van der Waals surface area contributed by atoms with Crippen molar-refractivity contribution >= 4 is 0 Å². The van der Waals surface area contributed by atoms with Crippen molar-refractivity contribution in [3.05, 3.63) is 0 Å². The summed E-state index contributed by atoms with van der Waals surface area (Å²) in [6.07, 6.45) is 5.61. The Bertz CT molecular complexity index is 80.6. The molecule has 2 N–H and O–H groups in total. The van der Waals surface area contributed by atoms with Crippen LogP contribution >= 0.6 is 0 Å². The average Bonchev–Trinajstić information content (AvgIpc) is 1.89. The summed E-state index contributed by atoms with van der Waals surface area (Å²) < 4.78 is 0. The van der Waals surface area contributed by atoms with Gasteiger partial charge in [-0.2, -0.15) is 0 Å². The molecule has 1 aliphatic rings. The molecule has 1 aliphatic carbocycles. The first-order chi connectivity index (χ1) is 4.34. The van der Waals surface area contributed by atoms with Crippen LogP contribution in [0, 0.1) is 11.8 Å². The summed E-state index contributed by atoms with van der Waals surface area (Å²) in [6.45, 7) is 3.23. The lowest BCUT2D eigenvalue weighted by molar-refractivity contribution is 0.263. The van der Waals surface area contributed by atoms with Gasteiger partial charge < -0.3 is 5.73 Å². The summed E-state index contributed by atoms with van der Waals surface area (Å²) in [5.41, 5.74) is 5.59. The Morgan fingerprint density at radius 2 is 2.00 bits per heavy atom. The zero-order valence-corrected chi connectivity index (χ0v) is 6.27. The molecule has 0 aromatic carbocycles. The molecule has 1 rings (SSSR count). The van der Waals surface area contributed by atoms with Gasteiger partial charge in [0, 0.05) is 0 Å². The standard InChI is InChI=1S/C8H17N/c1-7-4-2-3-5-8(7)6-9/h7-8H,2-6,9H2,1H3/t7-,8-/m0/s1. The lowest BCUT2D eigenvalue weighted by Crippen LogP contribution is -2.24. The molecule has 0 heterocycles. The average molecular weight is 127 g/mol. The maximum Gasteiger partial charge on any atom is -0.00463 e. The second kappa shape index (κ2) is 3.21. The molecule has 1 saturated carbocycles. The van der Waals surface area contributed by atoms with Crippen molar-refractivity contribution in [2.75, 3.05) is 6.54 Å². The Hall–Kier alpha value is -0.0400. The quantitative estimate of drug-likeness (QED) is 0.570. The van der Waals surface area contributed by atoms with E-state index in [1.807, 2.05) is 0 Å². The number of rotatable bonds is 1.